The molecule has 1 aliphatic carbocycles. The third-order valence-electron chi connectivity index (χ3n) is 5.33. The van der Waals surface area contributed by atoms with E-state index in [4.69, 9.17) is 4.98 Å². The minimum Gasteiger partial charge on any atom is -0.353 e. The highest BCUT2D eigenvalue weighted by atomic mass is 32.1. The van der Waals surface area contributed by atoms with Crippen LogP contribution >= 0.6 is 11.5 Å². The molecule has 0 radical (unpaired) electrons. The van der Waals surface area contributed by atoms with Crippen molar-refractivity contribution >= 4 is 22.6 Å². The SMILES string of the molecule is CCCCCCCCCCNc1nsc(N(CC)C2CCCCC2)n1. The second-order valence-electron chi connectivity index (χ2n) is 7.38. The molecule has 0 aliphatic heterocycles. The Morgan fingerprint density at radius 1 is 0.960 bits per heavy atom. The normalized spacial score (nSPS) is 15.4. The number of nitrogens with one attached hydrogen (secondary N) is 1. The van der Waals surface area contributed by atoms with Gasteiger partial charge in [0.25, 0.3) is 0 Å². The van der Waals surface area contributed by atoms with Crippen molar-refractivity contribution in [3.63, 3.8) is 0 Å². The van der Waals surface area contributed by atoms with E-state index in [-0.39, 0.29) is 0 Å². The standard InChI is InChI=1S/C20H38N4S/c1-3-5-6-7-8-9-10-14-17-21-19-22-20(25-23-19)24(4-2)18-15-12-11-13-16-18/h18H,3-17H2,1-2H3,(H,21,23). The summed E-state index contributed by atoms with van der Waals surface area (Å²) in [5, 5.41) is 4.52. The zero-order valence-electron chi connectivity index (χ0n) is 16.4. The third kappa shape index (κ3) is 7.51. The molecular formula is C20H38N4S. The molecule has 0 atom stereocenters. The first-order valence-electron chi connectivity index (χ1n) is 10.7. The molecular weight excluding hydrogens is 328 g/mol. The van der Waals surface area contributed by atoms with Gasteiger partial charge in [-0.15, -0.1) is 0 Å². The van der Waals surface area contributed by atoms with Crippen molar-refractivity contribution in [2.24, 2.45) is 0 Å². The zero-order chi connectivity index (χ0) is 17.7. The van der Waals surface area contributed by atoms with E-state index in [2.05, 4.69) is 28.4 Å². The minimum atomic E-state index is 0.673. The maximum absolute atomic E-state index is 4.75. The van der Waals surface area contributed by atoms with Crippen LogP contribution in [0.25, 0.3) is 0 Å². The molecule has 0 amide bonds. The van der Waals surface area contributed by atoms with Crippen LogP contribution in [-0.4, -0.2) is 28.5 Å². The molecule has 1 fully saturated rings. The average molecular weight is 367 g/mol. The second kappa shape index (κ2) is 12.5. The molecule has 2 rings (SSSR count). The van der Waals surface area contributed by atoms with E-state index in [9.17, 15) is 0 Å². The van der Waals surface area contributed by atoms with Gasteiger partial charge in [-0.25, -0.2) is 0 Å². The maximum Gasteiger partial charge on any atom is 0.236 e. The van der Waals surface area contributed by atoms with Crippen LogP contribution in [-0.2, 0) is 0 Å². The predicted molar refractivity (Wildman–Crippen MR) is 111 cm³/mol. The van der Waals surface area contributed by atoms with Crippen molar-refractivity contribution < 1.29 is 0 Å². The Morgan fingerprint density at radius 3 is 2.32 bits per heavy atom. The van der Waals surface area contributed by atoms with E-state index in [1.807, 2.05) is 0 Å². The average Bonchev–Trinajstić information content (AvgIpc) is 3.10. The minimum absolute atomic E-state index is 0.673. The maximum atomic E-state index is 4.75. The van der Waals surface area contributed by atoms with E-state index >= 15 is 0 Å². The molecule has 0 aromatic carbocycles. The summed E-state index contributed by atoms with van der Waals surface area (Å²) < 4.78 is 4.53. The van der Waals surface area contributed by atoms with Gasteiger partial charge in [-0.2, -0.15) is 9.36 Å². The quantitative estimate of drug-likeness (QED) is 0.419. The van der Waals surface area contributed by atoms with Crippen LogP contribution in [0.5, 0.6) is 0 Å². The van der Waals surface area contributed by atoms with Gasteiger partial charge in [-0.05, 0) is 26.2 Å². The number of anilines is 2. The molecule has 1 saturated carbocycles. The molecule has 0 saturated heterocycles. The van der Waals surface area contributed by atoms with Gasteiger partial charge in [0.15, 0.2) is 0 Å². The highest BCUT2D eigenvalue weighted by Gasteiger charge is 2.22. The first-order valence-corrected chi connectivity index (χ1v) is 11.5. The number of rotatable bonds is 13. The Labute approximate surface area is 159 Å². The molecule has 4 nitrogen and oxygen atoms in total. The van der Waals surface area contributed by atoms with Gasteiger partial charge in [0.1, 0.15) is 0 Å². The predicted octanol–water partition coefficient (Wildman–Crippen LogP) is 6.25. The lowest BCUT2D eigenvalue weighted by atomic mass is 9.94. The van der Waals surface area contributed by atoms with Crippen molar-refractivity contribution in [1.82, 2.24) is 9.36 Å². The smallest absolute Gasteiger partial charge is 0.236 e. The molecule has 1 aromatic rings. The number of aromatic nitrogens is 2. The Kier molecular flexibility index (Phi) is 10.2. The summed E-state index contributed by atoms with van der Waals surface area (Å²) >= 11 is 1.56. The highest BCUT2D eigenvalue weighted by molar-refractivity contribution is 7.09. The monoisotopic (exact) mass is 366 g/mol. The van der Waals surface area contributed by atoms with Gasteiger partial charge >= 0.3 is 0 Å². The Morgan fingerprint density at radius 2 is 1.64 bits per heavy atom. The van der Waals surface area contributed by atoms with Crippen molar-refractivity contribution in [3.8, 4) is 0 Å². The third-order valence-corrected chi connectivity index (χ3v) is 6.08. The summed E-state index contributed by atoms with van der Waals surface area (Å²) in [4.78, 5) is 7.22. The van der Waals surface area contributed by atoms with Crippen molar-refractivity contribution in [1.29, 1.82) is 0 Å². The summed E-state index contributed by atoms with van der Waals surface area (Å²) in [5.74, 6) is 0.831. The molecule has 25 heavy (non-hydrogen) atoms. The molecule has 0 unspecified atom stereocenters. The van der Waals surface area contributed by atoms with E-state index < -0.39 is 0 Å². The number of hydrogen-bond donors (Lipinski definition) is 1. The van der Waals surface area contributed by atoms with Crippen molar-refractivity contribution in [2.45, 2.75) is 103 Å². The first-order chi connectivity index (χ1) is 12.3. The number of nitrogens with zero attached hydrogens (tertiary/aromatic N) is 3. The van der Waals surface area contributed by atoms with Crippen LogP contribution in [0.1, 0.15) is 97.3 Å². The van der Waals surface area contributed by atoms with Gasteiger partial charge in [-0.1, -0.05) is 71.1 Å². The lowest BCUT2D eigenvalue weighted by Crippen LogP contribution is -2.36. The van der Waals surface area contributed by atoms with Gasteiger partial charge in [0.05, 0.1) is 0 Å². The zero-order valence-corrected chi connectivity index (χ0v) is 17.3. The van der Waals surface area contributed by atoms with Crippen molar-refractivity contribution in [2.75, 3.05) is 23.3 Å². The molecule has 5 heteroatoms. The van der Waals surface area contributed by atoms with E-state index in [0.717, 1.165) is 24.2 Å². The Bertz CT molecular complexity index is 443. The summed E-state index contributed by atoms with van der Waals surface area (Å²) in [7, 11) is 0. The molecule has 1 aromatic heterocycles. The van der Waals surface area contributed by atoms with Crippen LogP contribution in [0.4, 0.5) is 11.1 Å². The van der Waals surface area contributed by atoms with E-state index in [0.29, 0.717) is 6.04 Å². The molecule has 144 valence electrons. The van der Waals surface area contributed by atoms with Gasteiger partial charge in [0, 0.05) is 30.7 Å². The van der Waals surface area contributed by atoms with Crippen LogP contribution < -0.4 is 10.2 Å². The molecule has 1 N–H and O–H groups in total. The fourth-order valence-electron chi connectivity index (χ4n) is 3.81. The molecule has 1 aliphatic rings. The second-order valence-corrected chi connectivity index (χ2v) is 8.11. The van der Waals surface area contributed by atoms with Crippen LogP contribution in [0.3, 0.4) is 0 Å². The summed E-state index contributed by atoms with van der Waals surface area (Å²) in [6, 6.07) is 0.673. The van der Waals surface area contributed by atoms with Gasteiger partial charge in [-0.3, -0.25) is 0 Å². The Hall–Kier alpha value is -0.840. The van der Waals surface area contributed by atoms with Crippen molar-refractivity contribution in [3.05, 3.63) is 0 Å². The van der Waals surface area contributed by atoms with Gasteiger partial charge < -0.3 is 10.2 Å². The van der Waals surface area contributed by atoms with Crippen LogP contribution in [0.15, 0.2) is 0 Å². The fraction of sp³-hybridized carbons (Fsp3) is 0.900. The summed E-state index contributed by atoms with van der Waals surface area (Å²) in [6.45, 7) is 6.56. The van der Waals surface area contributed by atoms with E-state index in [1.54, 1.807) is 11.5 Å². The van der Waals surface area contributed by atoms with E-state index in [1.165, 1.54) is 83.5 Å². The highest BCUT2D eigenvalue weighted by Crippen LogP contribution is 2.29. The lowest BCUT2D eigenvalue weighted by molar-refractivity contribution is 0.418. The largest absolute Gasteiger partial charge is 0.353 e. The molecule has 1 heterocycles. The fourth-order valence-corrected chi connectivity index (χ4v) is 4.59. The summed E-state index contributed by atoms with van der Waals surface area (Å²) in [6.07, 6.45) is 17.6. The Balaban J connectivity index is 1.62. The number of hydrogen-bond acceptors (Lipinski definition) is 5. The summed E-state index contributed by atoms with van der Waals surface area (Å²) in [5.41, 5.74) is 0. The number of unbranched alkanes of at least 4 members (excludes halogenated alkanes) is 7. The molecule has 0 spiro atoms. The topological polar surface area (TPSA) is 41.1 Å². The van der Waals surface area contributed by atoms with Gasteiger partial charge in [0.2, 0.25) is 11.1 Å². The van der Waals surface area contributed by atoms with Crippen LogP contribution in [0, 0.1) is 0 Å². The molecule has 0 bridgehead atoms. The van der Waals surface area contributed by atoms with Crippen LogP contribution in [0.2, 0.25) is 0 Å². The lowest BCUT2D eigenvalue weighted by Gasteiger charge is -2.32. The first kappa shape index (κ1) is 20.5.